The lowest BCUT2D eigenvalue weighted by Crippen LogP contribution is -2.49. The molecule has 182 valence electrons. The molecule has 1 fully saturated rings. The fourth-order valence-electron chi connectivity index (χ4n) is 4.07. The van der Waals surface area contributed by atoms with Crippen LogP contribution in [0.15, 0.2) is 47.5 Å². The molecule has 1 saturated carbocycles. The minimum absolute atomic E-state index is 0.107. The number of hydrogen-bond donors (Lipinski definition) is 1. The van der Waals surface area contributed by atoms with Gasteiger partial charge in [0.25, 0.3) is 0 Å². The number of pyridine rings is 1. The Morgan fingerprint density at radius 3 is 2.76 bits per heavy atom. The summed E-state index contributed by atoms with van der Waals surface area (Å²) >= 11 is 0. The second-order valence-corrected chi connectivity index (χ2v) is 11.3. The third-order valence-electron chi connectivity index (χ3n) is 6.31. The Kier molecular flexibility index (Phi) is 7.58. The van der Waals surface area contributed by atoms with Gasteiger partial charge in [-0.1, -0.05) is 24.8 Å². The summed E-state index contributed by atoms with van der Waals surface area (Å²) in [4.78, 5) is 6.66. The number of rotatable bonds is 6. The fraction of sp³-hybridized carbons (Fsp3) is 0.500. The highest BCUT2D eigenvalue weighted by atomic mass is 32.2. The molecule has 7 nitrogen and oxygen atoms in total. The number of aliphatic hydroxyl groups excluding tert-OH is 1. The molecule has 2 aromatic rings. The Morgan fingerprint density at radius 2 is 2.09 bits per heavy atom. The van der Waals surface area contributed by atoms with E-state index < -0.39 is 16.1 Å². The van der Waals surface area contributed by atoms with Gasteiger partial charge in [-0.25, -0.2) is 8.42 Å². The van der Waals surface area contributed by atoms with E-state index in [1.54, 1.807) is 31.3 Å². The molecule has 1 N–H and O–H groups in total. The van der Waals surface area contributed by atoms with Crippen molar-refractivity contribution in [2.24, 2.45) is 11.8 Å². The Bertz CT molecular complexity index is 1160. The predicted molar refractivity (Wildman–Crippen MR) is 131 cm³/mol. The summed E-state index contributed by atoms with van der Waals surface area (Å²) in [6, 6.07) is 10.4. The summed E-state index contributed by atoms with van der Waals surface area (Å²) in [5, 5.41) is 9.79. The molecule has 34 heavy (non-hydrogen) atoms. The van der Waals surface area contributed by atoms with Gasteiger partial charge in [0, 0.05) is 49.3 Å². The fourth-order valence-corrected chi connectivity index (χ4v) is 5.90. The number of benzene rings is 1. The van der Waals surface area contributed by atoms with Crippen molar-refractivity contribution in [3.63, 3.8) is 0 Å². The van der Waals surface area contributed by atoms with E-state index in [4.69, 9.17) is 4.74 Å². The standard InChI is InChI=1S/C26H33N3O4S/c1-19-15-29(20(2)18-30)34(31,32)26-12-11-22(10-9-21-7-8-21)14-24(26)33-25(19)17-28(3)16-23-6-4-5-13-27-23/h4-6,11-14,19-21,25,30H,7-8,15-18H2,1-3H3/t19-,20-,25+/m1/s1. The van der Waals surface area contributed by atoms with Crippen molar-refractivity contribution in [1.82, 2.24) is 14.2 Å². The lowest BCUT2D eigenvalue weighted by atomic mass is 10.0. The largest absolute Gasteiger partial charge is 0.487 e. The van der Waals surface area contributed by atoms with Crippen molar-refractivity contribution in [2.75, 3.05) is 26.7 Å². The number of fused-ring (bicyclic) bond motifs is 1. The zero-order valence-corrected chi connectivity index (χ0v) is 20.8. The van der Waals surface area contributed by atoms with Crippen molar-refractivity contribution in [2.45, 2.75) is 50.3 Å². The maximum absolute atomic E-state index is 13.6. The molecule has 1 aromatic heterocycles. The van der Waals surface area contributed by atoms with Crippen molar-refractivity contribution in [1.29, 1.82) is 0 Å². The molecule has 0 bridgehead atoms. The van der Waals surface area contributed by atoms with Crippen molar-refractivity contribution >= 4 is 10.0 Å². The highest BCUT2D eigenvalue weighted by Crippen LogP contribution is 2.34. The molecule has 0 unspecified atom stereocenters. The van der Waals surface area contributed by atoms with Crippen molar-refractivity contribution < 1.29 is 18.3 Å². The van der Waals surface area contributed by atoms with Crippen LogP contribution in [-0.2, 0) is 16.6 Å². The number of ether oxygens (including phenoxy) is 1. The monoisotopic (exact) mass is 483 g/mol. The molecule has 8 heteroatoms. The van der Waals surface area contributed by atoms with Gasteiger partial charge >= 0.3 is 0 Å². The summed E-state index contributed by atoms with van der Waals surface area (Å²) in [5.74, 6) is 7.06. The quantitative estimate of drug-likeness (QED) is 0.637. The van der Waals surface area contributed by atoms with Crippen LogP contribution in [0.3, 0.4) is 0 Å². The predicted octanol–water partition coefficient (Wildman–Crippen LogP) is 2.74. The van der Waals surface area contributed by atoms with Crippen LogP contribution in [0.2, 0.25) is 0 Å². The van der Waals surface area contributed by atoms with E-state index in [1.807, 2.05) is 32.2 Å². The van der Waals surface area contributed by atoms with Crippen molar-refractivity contribution in [3.8, 4) is 17.6 Å². The average molecular weight is 484 g/mol. The molecule has 4 rings (SSSR count). The number of likely N-dealkylation sites (N-methyl/N-ethyl adjacent to an activating group) is 1. The molecule has 0 radical (unpaired) electrons. The molecule has 0 amide bonds. The molecule has 1 aromatic carbocycles. The van der Waals surface area contributed by atoms with Gasteiger partial charge in [0.05, 0.1) is 12.3 Å². The van der Waals surface area contributed by atoms with E-state index >= 15 is 0 Å². The van der Waals surface area contributed by atoms with Gasteiger partial charge in [-0.3, -0.25) is 9.88 Å². The maximum atomic E-state index is 13.6. The van der Waals surface area contributed by atoms with Crippen LogP contribution < -0.4 is 4.74 Å². The smallest absolute Gasteiger partial charge is 0.247 e. The first kappa shape index (κ1) is 24.7. The van der Waals surface area contributed by atoms with E-state index in [-0.39, 0.29) is 30.1 Å². The molecular weight excluding hydrogens is 450 g/mol. The lowest BCUT2D eigenvalue weighted by molar-refractivity contribution is 0.0730. The summed E-state index contributed by atoms with van der Waals surface area (Å²) in [6.45, 7) is 4.97. The van der Waals surface area contributed by atoms with Crippen LogP contribution >= 0.6 is 0 Å². The van der Waals surface area contributed by atoms with Crippen LogP contribution in [0, 0.1) is 23.7 Å². The molecule has 1 aliphatic carbocycles. The molecule has 2 aliphatic rings. The van der Waals surface area contributed by atoms with Crippen LogP contribution in [0.5, 0.6) is 5.75 Å². The van der Waals surface area contributed by atoms with E-state index in [0.29, 0.717) is 24.8 Å². The lowest BCUT2D eigenvalue weighted by Gasteiger charge is -2.37. The summed E-state index contributed by atoms with van der Waals surface area (Å²) < 4.78 is 34.9. The van der Waals surface area contributed by atoms with E-state index in [1.165, 1.54) is 4.31 Å². The van der Waals surface area contributed by atoms with Crippen LogP contribution in [-0.4, -0.2) is 66.6 Å². The minimum atomic E-state index is -3.85. The number of sulfonamides is 1. The van der Waals surface area contributed by atoms with Crippen LogP contribution in [0.1, 0.15) is 37.9 Å². The van der Waals surface area contributed by atoms with Crippen LogP contribution in [0.25, 0.3) is 0 Å². The normalized spacial score (nSPS) is 23.1. The third kappa shape index (κ3) is 5.78. The van der Waals surface area contributed by atoms with E-state index in [0.717, 1.165) is 24.1 Å². The topological polar surface area (TPSA) is 83.0 Å². The number of aromatic nitrogens is 1. The highest BCUT2D eigenvalue weighted by molar-refractivity contribution is 7.89. The summed E-state index contributed by atoms with van der Waals surface area (Å²) in [7, 11) is -1.84. The van der Waals surface area contributed by atoms with Gasteiger partial charge in [0.15, 0.2) is 0 Å². The Labute approximate surface area is 202 Å². The molecule has 1 aliphatic heterocycles. The molecule has 3 atom stereocenters. The van der Waals surface area contributed by atoms with Gasteiger partial charge in [-0.15, -0.1) is 0 Å². The molecule has 2 heterocycles. The second kappa shape index (κ2) is 10.4. The Balaban J connectivity index is 1.66. The van der Waals surface area contributed by atoms with Gasteiger partial charge in [-0.2, -0.15) is 4.31 Å². The van der Waals surface area contributed by atoms with E-state index in [2.05, 4.69) is 21.7 Å². The van der Waals surface area contributed by atoms with Crippen LogP contribution in [0.4, 0.5) is 0 Å². The number of nitrogens with zero attached hydrogens (tertiary/aromatic N) is 3. The first-order valence-electron chi connectivity index (χ1n) is 11.8. The minimum Gasteiger partial charge on any atom is -0.487 e. The molecule has 0 spiro atoms. The maximum Gasteiger partial charge on any atom is 0.247 e. The summed E-state index contributed by atoms with van der Waals surface area (Å²) in [5.41, 5.74) is 1.70. The van der Waals surface area contributed by atoms with E-state index in [9.17, 15) is 13.5 Å². The SMILES string of the molecule is C[C@@H]1CN([C@H](C)CO)S(=O)(=O)c2ccc(C#CC3CC3)cc2O[C@H]1CN(C)Cc1ccccn1. The third-order valence-corrected chi connectivity index (χ3v) is 8.33. The first-order chi connectivity index (χ1) is 16.3. The molecule has 0 saturated heterocycles. The zero-order valence-electron chi connectivity index (χ0n) is 20.0. The second-order valence-electron chi connectivity index (χ2n) is 9.46. The highest BCUT2D eigenvalue weighted by Gasteiger charge is 2.38. The number of hydrogen-bond acceptors (Lipinski definition) is 6. The number of aliphatic hydroxyl groups is 1. The van der Waals surface area contributed by atoms with Gasteiger partial charge in [0.2, 0.25) is 10.0 Å². The van der Waals surface area contributed by atoms with Gasteiger partial charge in [0.1, 0.15) is 16.7 Å². The summed E-state index contributed by atoms with van der Waals surface area (Å²) in [6.07, 6.45) is 3.76. The van der Waals surface area contributed by atoms with Gasteiger partial charge in [-0.05, 0) is 57.1 Å². The van der Waals surface area contributed by atoms with Gasteiger partial charge < -0.3 is 9.84 Å². The average Bonchev–Trinajstić information content (AvgIpc) is 3.64. The Hall–Kier alpha value is -2.44. The Morgan fingerprint density at radius 1 is 1.29 bits per heavy atom. The first-order valence-corrected chi connectivity index (χ1v) is 13.3. The zero-order chi connectivity index (χ0) is 24.3. The molecular formula is C26H33N3O4S. The van der Waals surface area contributed by atoms with Crippen molar-refractivity contribution in [3.05, 3.63) is 53.9 Å².